The second-order valence-electron chi connectivity index (χ2n) is 4.02. The monoisotopic (exact) mass is 273 g/mol. The molecule has 0 bridgehead atoms. The summed E-state index contributed by atoms with van der Waals surface area (Å²) in [5.41, 5.74) is 0.00855. The first-order chi connectivity index (χ1) is 8.90. The van der Waals surface area contributed by atoms with Gasteiger partial charge in [0, 0.05) is 12.7 Å². The van der Waals surface area contributed by atoms with Crippen molar-refractivity contribution < 1.29 is 17.6 Å². The normalized spacial score (nSPS) is 11.8. The van der Waals surface area contributed by atoms with Crippen LogP contribution >= 0.6 is 0 Å². The Kier molecular flexibility index (Phi) is 3.57. The summed E-state index contributed by atoms with van der Waals surface area (Å²) >= 11 is 0. The molecule has 0 spiro atoms. The molecule has 0 atom stereocenters. The molecule has 0 aliphatic heterocycles. The highest BCUT2D eigenvalue weighted by Gasteiger charge is 2.32. The Morgan fingerprint density at radius 1 is 1.26 bits per heavy atom. The molecule has 0 amide bonds. The van der Waals surface area contributed by atoms with E-state index in [1.54, 1.807) is 13.1 Å². The number of nitrogens with zero attached hydrogens (tertiary/aromatic N) is 2. The van der Waals surface area contributed by atoms with Crippen LogP contribution in [0.2, 0.25) is 0 Å². The number of benzene rings is 1. The summed E-state index contributed by atoms with van der Waals surface area (Å²) in [4.78, 5) is 0. The number of hydrogen-bond donors (Lipinski definition) is 1. The highest BCUT2D eigenvalue weighted by Crippen LogP contribution is 2.29. The van der Waals surface area contributed by atoms with Gasteiger partial charge in [0.2, 0.25) is 0 Å². The van der Waals surface area contributed by atoms with E-state index in [1.165, 1.54) is 6.07 Å². The SMILES string of the molecule is CNCc1cc(F)cc(-n2cc(C(F)(F)F)cn2)c1. The lowest BCUT2D eigenvalue weighted by Gasteiger charge is -2.06. The van der Waals surface area contributed by atoms with Crippen molar-refractivity contribution in [1.29, 1.82) is 0 Å². The van der Waals surface area contributed by atoms with E-state index in [0.717, 1.165) is 16.9 Å². The second kappa shape index (κ2) is 5.00. The first kappa shape index (κ1) is 13.5. The van der Waals surface area contributed by atoms with Crippen molar-refractivity contribution in [1.82, 2.24) is 15.1 Å². The van der Waals surface area contributed by atoms with Crippen molar-refractivity contribution in [2.45, 2.75) is 12.7 Å². The van der Waals surface area contributed by atoms with Crippen LogP contribution < -0.4 is 5.32 Å². The molecule has 0 saturated carbocycles. The first-order valence-corrected chi connectivity index (χ1v) is 5.46. The minimum Gasteiger partial charge on any atom is -0.316 e. The lowest BCUT2D eigenvalue weighted by Crippen LogP contribution is -2.07. The molecule has 0 aliphatic rings. The van der Waals surface area contributed by atoms with Gasteiger partial charge in [0.25, 0.3) is 0 Å². The van der Waals surface area contributed by atoms with Crippen LogP contribution in [0.25, 0.3) is 5.69 Å². The number of rotatable bonds is 3. The van der Waals surface area contributed by atoms with Crippen molar-refractivity contribution >= 4 is 0 Å². The summed E-state index contributed by atoms with van der Waals surface area (Å²) in [5, 5.41) is 6.45. The Bertz CT molecular complexity index is 575. The first-order valence-electron chi connectivity index (χ1n) is 5.46. The molecule has 3 nitrogen and oxygen atoms in total. The van der Waals surface area contributed by atoms with Gasteiger partial charge in [0.1, 0.15) is 5.82 Å². The number of alkyl halides is 3. The number of nitrogens with one attached hydrogen (secondary N) is 1. The van der Waals surface area contributed by atoms with Crippen molar-refractivity contribution in [3.63, 3.8) is 0 Å². The largest absolute Gasteiger partial charge is 0.419 e. The molecular weight excluding hydrogens is 262 g/mol. The Labute approximate surface area is 106 Å². The van der Waals surface area contributed by atoms with Gasteiger partial charge in [-0.25, -0.2) is 9.07 Å². The van der Waals surface area contributed by atoms with Crippen LogP contribution in [-0.4, -0.2) is 16.8 Å². The third-order valence-electron chi connectivity index (χ3n) is 2.50. The van der Waals surface area contributed by atoms with Crippen molar-refractivity contribution in [3.05, 3.63) is 47.5 Å². The van der Waals surface area contributed by atoms with E-state index in [9.17, 15) is 17.6 Å². The van der Waals surface area contributed by atoms with E-state index < -0.39 is 17.6 Å². The van der Waals surface area contributed by atoms with Crippen molar-refractivity contribution in [2.75, 3.05) is 7.05 Å². The predicted molar refractivity (Wildman–Crippen MR) is 61.3 cm³/mol. The van der Waals surface area contributed by atoms with Gasteiger partial charge in [-0.15, -0.1) is 0 Å². The summed E-state index contributed by atoms with van der Waals surface area (Å²) in [5.74, 6) is -0.521. The Balaban J connectivity index is 2.38. The Morgan fingerprint density at radius 2 is 2.00 bits per heavy atom. The van der Waals surface area contributed by atoms with Crippen molar-refractivity contribution in [3.8, 4) is 5.69 Å². The van der Waals surface area contributed by atoms with Gasteiger partial charge in [-0.2, -0.15) is 18.3 Å². The molecular formula is C12H11F4N3. The van der Waals surface area contributed by atoms with E-state index in [-0.39, 0.29) is 5.69 Å². The molecule has 19 heavy (non-hydrogen) atoms. The van der Waals surface area contributed by atoms with Crippen molar-refractivity contribution in [2.24, 2.45) is 0 Å². The summed E-state index contributed by atoms with van der Waals surface area (Å²) < 4.78 is 51.8. The van der Waals surface area contributed by atoms with Gasteiger partial charge < -0.3 is 5.32 Å². The molecule has 0 fully saturated rings. The average Bonchev–Trinajstić information content (AvgIpc) is 2.77. The maximum Gasteiger partial charge on any atom is 0.419 e. The van der Waals surface area contributed by atoms with Crippen LogP contribution in [-0.2, 0) is 12.7 Å². The predicted octanol–water partition coefficient (Wildman–Crippen LogP) is 2.75. The van der Waals surface area contributed by atoms with Gasteiger partial charge in [-0.05, 0) is 30.8 Å². The fourth-order valence-corrected chi connectivity index (χ4v) is 1.68. The molecule has 2 aromatic rings. The Hall–Kier alpha value is -1.89. The van der Waals surface area contributed by atoms with Crippen LogP contribution in [0.4, 0.5) is 17.6 Å². The molecule has 102 valence electrons. The molecule has 1 N–H and O–H groups in total. The number of halogens is 4. The third kappa shape index (κ3) is 3.11. The van der Waals surface area contributed by atoms with Crippen LogP contribution in [0.3, 0.4) is 0 Å². The van der Waals surface area contributed by atoms with Gasteiger partial charge in [0.05, 0.1) is 17.4 Å². The molecule has 1 aromatic heterocycles. The molecule has 0 saturated heterocycles. The van der Waals surface area contributed by atoms with Crippen LogP contribution in [0.1, 0.15) is 11.1 Å². The van der Waals surface area contributed by atoms with E-state index in [0.29, 0.717) is 18.3 Å². The average molecular weight is 273 g/mol. The van der Waals surface area contributed by atoms with Gasteiger partial charge in [-0.3, -0.25) is 0 Å². The minimum absolute atomic E-state index is 0.251. The molecule has 0 radical (unpaired) electrons. The summed E-state index contributed by atoms with van der Waals surface area (Å²) in [6.45, 7) is 0.415. The molecule has 0 unspecified atom stereocenters. The smallest absolute Gasteiger partial charge is 0.316 e. The quantitative estimate of drug-likeness (QED) is 0.871. The van der Waals surface area contributed by atoms with Crippen LogP contribution in [0, 0.1) is 5.82 Å². The van der Waals surface area contributed by atoms with Crippen LogP contribution in [0.15, 0.2) is 30.6 Å². The zero-order valence-electron chi connectivity index (χ0n) is 10.0. The van der Waals surface area contributed by atoms with Gasteiger partial charge in [0.15, 0.2) is 0 Å². The lowest BCUT2D eigenvalue weighted by molar-refractivity contribution is -0.137. The maximum atomic E-state index is 13.4. The summed E-state index contributed by atoms with van der Waals surface area (Å²) in [6.07, 6.45) is -2.92. The number of aromatic nitrogens is 2. The van der Waals surface area contributed by atoms with Gasteiger partial charge in [-0.1, -0.05) is 0 Å². The minimum atomic E-state index is -4.46. The standard InChI is InChI=1S/C12H11F4N3/c1-17-5-8-2-10(13)4-11(3-8)19-7-9(6-18-19)12(14,15)16/h2-4,6-7,17H,5H2,1H3. The fraction of sp³-hybridized carbons (Fsp3) is 0.250. The van der Waals surface area contributed by atoms with E-state index in [1.807, 2.05) is 0 Å². The fourth-order valence-electron chi connectivity index (χ4n) is 1.68. The van der Waals surface area contributed by atoms with E-state index >= 15 is 0 Å². The summed E-state index contributed by atoms with van der Waals surface area (Å²) in [6, 6.07) is 4.02. The van der Waals surface area contributed by atoms with E-state index in [4.69, 9.17) is 0 Å². The number of hydrogen-bond acceptors (Lipinski definition) is 2. The van der Waals surface area contributed by atoms with Gasteiger partial charge >= 0.3 is 6.18 Å². The van der Waals surface area contributed by atoms with Crippen LogP contribution in [0.5, 0.6) is 0 Å². The molecule has 1 aromatic carbocycles. The zero-order valence-corrected chi connectivity index (χ0v) is 10.0. The molecule has 7 heteroatoms. The molecule has 1 heterocycles. The topological polar surface area (TPSA) is 29.9 Å². The Morgan fingerprint density at radius 3 is 2.58 bits per heavy atom. The summed E-state index contributed by atoms with van der Waals surface area (Å²) in [7, 11) is 1.69. The second-order valence-corrected chi connectivity index (χ2v) is 4.02. The zero-order chi connectivity index (χ0) is 14.0. The molecule has 0 aliphatic carbocycles. The lowest BCUT2D eigenvalue weighted by atomic mass is 10.2. The highest BCUT2D eigenvalue weighted by atomic mass is 19.4. The third-order valence-corrected chi connectivity index (χ3v) is 2.50. The maximum absolute atomic E-state index is 13.4. The molecule has 2 rings (SSSR count). The van der Waals surface area contributed by atoms with E-state index in [2.05, 4.69) is 10.4 Å². The highest BCUT2D eigenvalue weighted by molar-refractivity contribution is 5.36.